The quantitative estimate of drug-likeness (QED) is 0.250. The SMILES string of the molecule is CC(=O)c1ccc(N2CCN(c3nc4c(-c5cccc(C(F)(F)F)c5)nnn4c4ccc(Cl)cc34)CC2)cc1. The van der Waals surface area contributed by atoms with Crippen LogP contribution in [0.3, 0.4) is 0 Å². The Kier molecular flexibility index (Phi) is 6.14. The summed E-state index contributed by atoms with van der Waals surface area (Å²) in [6.07, 6.45) is -4.48. The molecule has 0 aliphatic carbocycles. The zero-order valence-corrected chi connectivity index (χ0v) is 21.5. The predicted molar refractivity (Wildman–Crippen MR) is 145 cm³/mol. The lowest BCUT2D eigenvalue weighted by atomic mass is 10.1. The first-order valence-corrected chi connectivity index (χ1v) is 12.7. The van der Waals surface area contributed by atoms with Crippen molar-refractivity contribution < 1.29 is 18.0 Å². The Morgan fingerprint density at radius 3 is 2.33 bits per heavy atom. The molecular formula is C28H22ClF3N6O. The molecule has 1 saturated heterocycles. The highest BCUT2D eigenvalue weighted by molar-refractivity contribution is 6.31. The normalized spacial score (nSPS) is 14.4. The van der Waals surface area contributed by atoms with Gasteiger partial charge in [0.25, 0.3) is 0 Å². The average molecular weight is 551 g/mol. The van der Waals surface area contributed by atoms with Gasteiger partial charge in [-0.25, -0.2) is 4.98 Å². The van der Waals surface area contributed by atoms with Crippen LogP contribution in [0.25, 0.3) is 27.8 Å². The van der Waals surface area contributed by atoms with Gasteiger partial charge in [0.15, 0.2) is 11.4 Å². The van der Waals surface area contributed by atoms with E-state index in [1.807, 2.05) is 36.4 Å². The largest absolute Gasteiger partial charge is 0.416 e. The number of nitrogens with zero attached hydrogens (tertiary/aromatic N) is 6. The molecule has 7 nitrogen and oxygen atoms in total. The van der Waals surface area contributed by atoms with Gasteiger partial charge in [0, 0.05) is 53.4 Å². The number of halogens is 4. The van der Waals surface area contributed by atoms with Crippen molar-refractivity contribution in [1.82, 2.24) is 19.8 Å². The maximum atomic E-state index is 13.4. The van der Waals surface area contributed by atoms with Gasteiger partial charge in [-0.05, 0) is 61.5 Å². The molecule has 0 saturated carbocycles. The summed E-state index contributed by atoms with van der Waals surface area (Å²) in [7, 11) is 0. The van der Waals surface area contributed by atoms with Crippen molar-refractivity contribution in [2.75, 3.05) is 36.0 Å². The molecule has 39 heavy (non-hydrogen) atoms. The molecule has 1 fully saturated rings. The van der Waals surface area contributed by atoms with Gasteiger partial charge in [-0.1, -0.05) is 28.9 Å². The fraction of sp³-hybridized carbons (Fsp3) is 0.214. The fourth-order valence-electron chi connectivity index (χ4n) is 4.93. The van der Waals surface area contributed by atoms with E-state index in [2.05, 4.69) is 20.1 Å². The van der Waals surface area contributed by atoms with Crippen LogP contribution in [0.4, 0.5) is 24.7 Å². The monoisotopic (exact) mass is 550 g/mol. The van der Waals surface area contributed by atoms with E-state index in [1.165, 1.54) is 10.6 Å². The molecule has 3 heterocycles. The topological polar surface area (TPSA) is 66.6 Å². The van der Waals surface area contributed by atoms with Crippen LogP contribution < -0.4 is 9.80 Å². The molecule has 1 aliphatic rings. The third-order valence-electron chi connectivity index (χ3n) is 6.97. The van der Waals surface area contributed by atoms with E-state index in [4.69, 9.17) is 16.6 Å². The minimum Gasteiger partial charge on any atom is -0.368 e. The third kappa shape index (κ3) is 4.65. The van der Waals surface area contributed by atoms with Gasteiger partial charge in [-0.2, -0.15) is 17.7 Å². The molecule has 6 rings (SSSR count). The first kappa shape index (κ1) is 25.1. The van der Waals surface area contributed by atoms with Crippen molar-refractivity contribution in [3.05, 3.63) is 82.9 Å². The third-order valence-corrected chi connectivity index (χ3v) is 7.20. The lowest BCUT2D eigenvalue weighted by Crippen LogP contribution is -2.47. The molecule has 0 amide bonds. The highest BCUT2D eigenvalue weighted by atomic mass is 35.5. The Labute approximate surface area is 226 Å². The minimum atomic E-state index is -4.48. The standard InChI is InChI=1S/C28H22ClF3N6O/c1-17(39)18-5-8-22(9-6-18)36-11-13-37(14-12-36)26-23-16-21(29)7-10-24(23)38-27(33-26)25(34-35-38)19-3-2-4-20(15-19)28(30,31)32/h2-10,15-16H,11-14H2,1H3. The zero-order valence-electron chi connectivity index (χ0n) is 20.8. The second-order valence-corrected chi connectivity index (χ2v) is 9.86. The Balaban J connectivity index is 1.38. The predicted octanol–water partition coefficient (Wildman–Crippen LogP) is 6.15. The number of piperazine rings is 1. The lowest BCUT2D eigenvalue weighted by molar-refractivity contribution is -0.137. The second kappa shape index (κ2) is 9.53. The molecule has 0 bridgehead atoms. The van der Waals surface area contributed by atoms with Crippen LogP contribution in [0.2, 0.25) is 5.02 Å². The van der Waals surface area contributed by atoms with Crippen LogP contribution in [0.1, 0.15) is 22.8 Å². The lowest BCUT2D eigenvalue weighted by Gasteiger charge is -2.37. The Hall–Kier alpha value is -4.18. The summed E-state index contributed by atoms with van der Waals surface area (Å²) in [6.45, 7) is 4.28. The smallest absolute Gasteiger partial charge is 0.368 e. The first-order valence-electron chi connectivity index (χ1n) is 12.3. The maximum absolute atomic E-state index is 13.4. The van der Waals surface area contributed by atoms with Crippen LogP contribution in [0, 0.1) is 0 Å². The molecule has 3 aromatic carbocycles. The molecule has 2 aromatic heterocycles. The Morgan fingerprint density at radius 1 is 0.923 bits per heavy atom. The van der Waals surface area contributed by atoms with Crippen molar-refractivity contribution >= 4 is 45.4 Å². The summed E-state index contributed by atoms with van der Waals surface area (Å²) in [5, 5.41) is 9.76. The Morgan fingerprint density at radius 2 is 1.64 bits per heavy atom. The number of Topliss-reactive ketones (excluding diaryl/α,β-unsaturated/α-hetero) is 1. The number of fused-ring (bicyclic) bond motifs is 3. The van der Waals surface area contributed by atoms with Gasteiger partial charge in [-0.15, -0.1) is 5.10 Å². The Bertz CT molecular complexity index is 1710. The number of hydrogen-bond donors (Lipinski definition) is 0. The van der Waals surface area contributed by atoms with E-state index >= 15 is 0 Å². The molecule has 0 radical (unpaired) electrons. The van der Waals surface area contributed by atoms with E-state index in [0.717, 1.165) is 23.2 Å². The average Bonchev–Trinajstić information content (AvgIpc) is 3.36. The van der Waals surface area contributed by atoms with Gasteiger partial charge in [0.1, 0.15) is 11.5 Å². The van der Waals surface area contributed by atoms with Gasteiger partial charge < -0.3 is 9.80 Å². The molecule has 198 valence electrons. The van der Waals surface area contributed by atoms with E-state index < -0.39 is 11.7 Å². The van der Waals surface area contributed by atoms with E-state index in [-0.39, 0.29) is 17.0 Å². The van der Waals surface area contributed by atoms with E-state index in [1.54, 1.807) is 19.1 Å². The van der Waals surface area contributed by atoms with Crippen LogP contribution >= 0.6 is 11.6 Å². The molecule has 5 aromatic rings. The van der Waals surface area contributed by atoms with E-state index in [9.17, 15) is 18.0 Å². The van der Waals surface area contributed by atoms with Gasteiger partial charge in [0.2, 0.25) is 0 Å². The molecule has 0 atom stereocenters. The van der Waals surface area contributed by atoms with Gasteiger partial charge in [0.05, 0.1) is 11.1 Å². The first-order chi connectivity index (χ1) is 18.7. The van der Waals surface area contributed by atoms with Crippen LogP contribution in [-0.4, -0.2) is 51.8 Å². The fourth-order valence-corrected chi connectivity index (χ4v) is 5.10. The number of anilines is 2. The van der Waals surface area contributed by atoms with Crippen LogP contribution in [0.5, 0.6) is 0 Å². The summed E-state index contributed by atoms with van der Waals surface area (Å²) in [6, 6.07) is 17.9. The van der Waals surface area contributed by atoms with Gasteiger partial charge in [-0.3, -0.25) is 4.79 Å². The summed E-state index contributed by atoms with van der Waals surface area (Å²) in [5.74, 6) is 0.694. The number of hydrogen-bond acceptors (Lipinski definition) is 6. The molecule has 0 N–H and O–H groups in total. The van der Waals surface area contributed by atoms with Gasteiger partial charge >= 0.3 is 6.18 Å². The molecule has 11 heteroatoms. The summed E-state index contributed by atoms with van der Waals surface area (Å²) < 4.78 is 41.7. The van der Waals surface area contributed by atoms with Crippen molar-refractivity contribution in [3.63, 3.8) is 0 Å². The summed E-state index contributed by atoms with van der Waals surface area (Å²) >= 11 is 6.35. The number of carbonyl (C=O) groups is 1. The van der Waals surface area contributed by atoms with Crippen LogP contribution in [-0.2, 0) is 6.18 Å². The molecule has 0 unspecified atom stereocenters. The molecule has 1 aliphatic heterocycles. The van der Waals surface area contributed by atoms with Crippen molar-refractivity contribution in [2.45, 2.75) is 13.1 Å². The van der Waals surface area contributed by atoms with Crippen molar-refractivity contribution in [2.24, 2.45) is 0 Å². The highest BCUT2D eigenvalue weighted by Gasteiger charge is 2.31. The number of aromatic nitrogens is 4. The summed E-state index contributed by atoms with van der Waals surface area (Å²) in [4.78, 5) is 20.9. The number of alkyl halides is 3. The number of benzene rings is 3. The number of carbonyl (C=O) groups excluding carboxylic acids is 1. The maximum Gasteiger partial charge on any atom is 0.416 e. The van der Waals surface area contributed by atoms with Crippen LogP contribution in [0.15, 0.2) is 66.7 Å². The highest BCUT2D eigenvalue weighted by Crippen LogP contribution is 2.35. The minimum absolute atomic E-state index is 0.0252. The second-order valence-electron chi connectivity index (χ2n) is 9.43. The molecule has 0 spiro atoms. The van der Waals surface area contributed by atoms with Crippen molar-refractivity contribution in [3.8, 4) is 11.3 Å². The summed E-state index contributed by atoms with van der Waals surface area (Å²) in [5.41, 5.74) is 2.55. The number of ketones is 1. The van der Waals surface area contributed by atoms with E-state index in [0.29, 0.717) is 53.7 Å². The zero-order chi connectivity index (χ0) is 27.3. The van der Waals surface area contributed by atoms with Crippen molar-refractivity contribution in [1.29, 1.82) is 0 Å². The number of rotatable bonds is 4. The molecular weight excluding hydrogens is 529 g/mol.